The van der Waals surface area contributed by atoms with Crippen molar-refractivity contribution in [2.75, 3.05) is 0 Å². The molecule has 0 radical (unpaired) electrons. The van der Waals surface area contributed by atoms with E-state index >= 15 is 0 Å². The molecule has 3 rings (SSSR count). The van der Waals surface area contributed by atoms with Crippen LogP contribution in [0.3, 0.4) is 0 Å². The summed E-state index contributed by atoms with van der Waals surface area (Å²) < 4.78 is 13.0. The minimum absolute atomic E-state index is 0.317. The van der Waals surface area contributed by atoms with Crippen LogP contribution in [0.25, 0.3) is 10.7 Å². The van der Waals surface area contributed by atoms with Gasteiger partial charge in [0.2, 0.25) is 0 Å². The van der Waals surface area contributed by atoms with Gasteiger partial charge >= 0.3 is 7.12 Å². The van der Waals surface area contributed by atoms with Crippen molar-refractivity contribution in [1.82, 2.24) is 9.97 Å². The summed E-state index contributed by atoms with van der Waals surface area (Å²) in [7, 11) is -0.338. The highest BCUT2D eigenvalue weighted by atomic mass is 32.1. The molecule has 19 heavy (non-hydrogen) atoms. The molecule has 7 heteroatoms. The van der Waals surface area contributed by atoms with Crippen LogP contribution in [-0.4, -0.2) is 28.3 Å². The Kier molecular flexibility index (Phi) is 3.05. The molecular weight excluding hydrogens is 279 g/mol. The first-order valence-electron chi connectivity index (χ1n) is 6.09. The van der Waals surface area contributed by atoms with E-state index in [4.69, 9.17) is 9.31 Å². The van der Waals surface area contributed by atoms with E-state index in [0.29, 0.717) is 0 Å². The summed E-state index contributed by atoms with van der Waals surface area (Å²) in [4.78, 5) is 8.67. The van der Waals surface area contributed by atoms with Gasteiger partial charge in [0.15, 0.2) is 0 Å². The van der Waals surface area contributed by atoms with E-state index in [0.717, 1.165) is 15.5 Å². The summed E-state index contributed by atoms with van der Waals surface area (Å²) in [5.74, 6) is 0. The van der Waals surface area contributed by atoms with Crippen molar-refractivity contribution in [1.29, 1.82) is 0 Å². The molecule has 0 unspecified atom stereocenters. The molecule has 0 atom stereocenters. The number of hydrogen-bond acceptors (Lipinski definition) is 6. The average Bonchev–Trinajstić information content (AvgIpc) is 3.00. The van der Waals surface area contributed by atoms with Gasteiger partial charge in [-0.2, -0.15) is 0 Å². The first-order chi connectivity index (χ1) is 8.89. The van der Waals surface area contributed by atoms with Gasteiger partial charge < -0.3 is 9.31 Å². The molecule has 0 aliphatic carbocycles. The molecule has 0 amide bonds. The predicted molar refractivity (Wildman–Crippen MR) is 78.9 cm³/mol. The Balaban J connectivity index is 1.85. The third-order valence-corrected chi connectivity index (χ3v) is 5.29. The number of hydrogen-bond donors (Lipinski definition) is 0. The lowest BCUT2D eigenvalue weighted by atomic mass is 9.89. The molecule has 0 spiro atoms. The Morgan fingerprint density at radius 3 is 2.37 bits per heavy atom. The van der Waals surface area contributed by atoms with E-state index in [9.17, 15) is 0 Å². The molecule has 4 nitrogen and oxygen atoms in total. The molecule has 1 aliphatic heterocycles. The third kappa shape index (κ3) is 2.25. The van der Waals surface area contributed by atoms with Crippen LogP contribution >= 0.6 is 22.7 Å². The van der Waals surface area contributed by atoms with Crippen molar-refractivity contribution in [2.45, 2.75) is 38.9 Å². The second-order valence-corrected chi connectivity index (χ2v) is 7.31. The van der Waals surface area contributed by atoms with Gasteiger partial charge in [0, 0.05) is 11.6 Å². The number of rotatable bonds is 2. The fourth-order valence-electron chi connectivity index (χ4n) is 1.79. The Bertz CT molecular complexity index is 564. The Labute approximate surface area is 121 Å². The summed E-state index contributed by atoms with van der Waals surface area (Å²) in [6, 6.07) is 0. The van der Waals surface area contributed by atoms with Crippen molar-refractivity contribution in [3.63, 3.8) is 0 Å². The van der Waals surface area contributed by atoms with Crippen LogP contribution in [-0.2, 0) is 9.31 Å². The summed E-state index contributed by atoms with van der Waals surface area (Å²) in [5.41, 5.74) is 2.09. The van der Waals surface area contributed by atoms with E-state index in [1.807, 2.05) is 17.1 Å². The fraction of sp³-hybridized carbons (Fsp3) is 0.500. The molecule has 2 aromatic rings. The minimum Gasteiger partial charge on any atom is -0.399 e. The van der Waals surface area contributed by atoms with Crippen LogP contribution in [0, 0.1) is 0 Å². The van der Waals surface area contributed by atoms with Gasteiger partial charge in [0.05, 0.1) is 21.5 Å². The molecular formula is C12H15BN2O2S2. The van der Waals surface area contributed by atoms with Crippen molar-refractivity contribution >= 4 is 34.6 Å². The highest BCUT2D eigenvalue weighted by Gasteiger charge is 2.52. The molecule has 0 aromatic carbocycles. The first kappa shape index (κ1) is 13.2. The molecule has 1 saturated heterocycles. The van der Waals surface area contributed by atoms with Gasteiger partial charge in [-0.25, -0.2) is 9.97 Å². The third-order valence-electron chi connectivity index (χ3n) is 3.66. The SMILES string of the molecule is CC1(C)OB(c2cnc(-c3cscn3)s2)OC1(C)C. The molecule has 100 valence electrons. The van der Waals surface area contributed by atoms with Crippen LogP contribution in [0.4, 0.5) is 0 Å². The maximum atomic E-state index is 6.01. The molecule has 0 N–H and O–H groups in total. The quantitative estimate of drug-likeness (QED) is 0.799. The zero-order chi connectivity index (χ0) is 13.7. The van der Waals surface area contributed by atoms with Crippen LogP contribution in [0.1, 0.15) is 27.7 Å². The smallest absolute Gasteiger partial charge is 0.399 e. The summed E-state index contributed by atoms with van der Waals surface area (Å²) in [5, 5.41) is 2.90. The maximum absolute atomic E-state index is 6.01. The lowest BCUT2D eigenvalue weighted by Gasteiger charge is -2.32. The van der Waals surface area contributed by atoms with Gasteiger partial charge in [0.1, 0.15) is 10.7 Å². The van der Waals surface area contributed by atoms with Gasteiger partial charge in [-0.1, -0.05) is 0 Å². The Hall–Kier alpha value is -0.755. The normalized spacial score (nSPS) is 20.9. The standard InChI is InChI=1S/C12H15BN2O2S2/c1-11(2)12(3,4)17-13(16-11)9-5-14-10(19-9)8-6-18-7-15-8/h5-7H,1-4H3. The molecule has 1 fully saturated rings. The van der Waals surface area contributed by atoms with Gasteiger partial charge in [-0.05, 0) is 27.7 Å². The zero-order valence-corrected chi connectivity index (χ0v) is 13.0. The highest BCUT2D eigenvalue weighted by molar-refractivity contribution is 7.24. The van der Waals surface area contributed by atoms with E-state index < -0.39 is 0 Å². The summed E-state index contributed by atoms with van der Waals surface area (Å²) in [6.07, 6.45) is 1.82. The molecule has 3 heterocycles. The lowest BCUT2D eigenvalue weighted by Crippen LogP contribution is -2.41. The van der Waals surface area contributed by atoms with Crippen LogP contribution in [0.5, 0.6) is 0 Å². The van der Waals surface area contributed by atoms with E-state index in [1.54, 1.807) is 22.7 Å². The number of thiazole rings is 2. The van der Waals surface area contributed by atoms with Gasteiger partial charge in [-0.15, -0.1) is 22.7 Å². The van der Waals surface area contributed by atoms with Crippen LogP contribution in [0.2, 0.25) is 0 Å². The van der Waals surface area contributed by atoms with Crippen LogP contribution < -0.4 is 4.78 Å². The number of aromatic nitrogens is 2. The Morgan fingerprint density at radius 1 is 1.11 bits per heavy atom. The van der Waals surface area contributed by atoms with Crippen molar-refractivity contribution < 1.29 is 9.31 Å². The zero-order valence-electron chi connectivity index (χ0n) is 11.3. The largest absolute Gasteiger partial charge is 0.507 e. The monoisotopic (exact) mass is 294 g/mol. The van der Waals surface area contributed by atoms with E-state index in [2.05, 4.69) is 37.7 Å². The molecule has 2 aromatic heterocycles. The summed E-state index contributed by atoms with van der Waals surface area (Å²) >= 11 is 3.14. The predicted octanol–water partition coefficient (Wildman–Crippen LogP) is 2.57. The van der Waals surface area contributed by atoms with Crippen molar-refractivity contribution in [3.8, 4) is 10.7 Å². The molecule has 0 bridgehead atoms. The molecule has 1 aliphatic rings. The van der Waals surface area contributed by atoms with Gasteiger partial charge in [0.25, 0.3) is 0 Å². The van der Waals surface area contributed by atoms with Gasteiger partial charge in [-0.3, -0.25) is 0 Å². The average molecular weight is 294 g/mol. The second-order valence-electron chi connectivity index (χ2n) is 5.53. The Morgan fingerprint density at radius 2 is 1.79 bits per heavy atom. The lowest BCUT2D eigenvalue weighted by molar-refractivity contribution is 0.00578. The maximum Gasteiger partial charge on any atom is 0.507 e. The number of nitrogens with zero attached hydrogens (tertiary/aromatic N) is 2. The van der Waals surface area contributed by atoms with E-state index in [1.165, 1.54) is 0 Å². The van der Waals surface area contributed by atoms with Crippen molar-refractivity contribution in [3.05, 3.63) is 17.1 Å². The molecule has 0 saturated carbocycles. The first-order valence-corrected chi connectivity index (χ1v) is 7.85. The fourth-order valence-corrected chi connectivity index (χ4v) is 3.25. The summed E-state index contributed by atoms with van der Waals surface area (Å²) in [6.45, 7) is 8.20. The van der Waals surface area contributed by atoms with Crippen molar-refractivity contribution in [2.24, 2.45) is 0 Å². The minimum atomic E-state index is -0.338. The van der Waals surface area contributed by atoms with E-state index in [-0.39, 0.29) is 18.3 Å². The van der Waals surface area contributed by atoms with Crippen LogP contribution in [0.15, 0.2) is 17.1 Å². The topological polar surface area (TPSA) is 44.2 Å². The second kappa shape index (κ2) is 4.38. The highest BCUT2D eigenvalue weighted by Crippen LogP contribution is 2.37.